The van der Waals surface area contributed by atoms with Crippen molar-refractivity contribution in [3.8, 4) is 0 Å². The van der Waals surface area contributed by atoms with Gasteiger partial charge in [-0.15, -0.1) is 21.5 Å². The zero-order valence-corrected chi connectivity index (χ0v) is 19.1. The van der Waals surface area contributed by atoms with Gasteiger partial charge in [0.2, 0.25) is 5.91 Å². The number of likely N-dealkylation sites (tertiary alicyclic amines) is 1. The smallest absolute Gasteiger partial charge is 0.236 e. The molecule has 2 aromatic rings. The maximum Gasteiger partial charge on any atom is 0.236 e. The van der Waals surface area contributed by atoms with Gasteiger partial charge in [-0.05, 0) is 31.2 Å². The van der Waals surface area contributed by atoms with E-state index in [1.807, 2.05) is 18.5 Å². The number of thiophene rings is 1. The van der Waals surface area contributed by atoms with Gasteiger partial charge in [-0.2, -0.15) is 0 Å². The van der Waals surface area contributed by atoms with Crippen LogP contribution in [0.5, 0.6) is 0 Å². The van der Waals surface area contributed by atoms with E-state index in [1.54, 1.807) is 30.3 Å². The molecule has 1 fully saturated rings. The van der Waals surface area contributed by atoms with Crippen molar-refractivity contribution in [3.63, 3.8) is 0 Å². The molecular formula is C20H32N8OS. The third kappa shape index (κ3) is 6.27. The number of nitrogens with one attached hydrogen (secondary N) is 2. The van der Waals surface area contributed by atoms with Crippen molar-refractivity contribution in [2.45, 2.75) is 38.9 Å². The average molecular weight is 433 g/mol. The van der Waals surface area contributed by atoms with Gasteiger partial charge in [-0.25, -0.2) is 4.99 Å². The number of likely N-dealkylation sites (N-methyl/N-ethyl adjacent to an activating group) is 1. The van der Waals surface area contributed by atoms with Gasteiger partial charge in [-0.3, -0.25) is 9.69 Å². The second-order valence-corrected chi connectivity index (χ2v) is 8.84. The number of guanidine groups is 1. The summed E-state index contributed by atoms with van der Waals surface area (Å²) in [5, 5.41) is 17.4. The minimum absolute atomic E-state index is 0.153. The lowest BCUT2D eigenvalue weighted by molar-refractivity contribution is -0.130. The van der Waals surface area contributed by atoms with Crippen LogP contribution in [0.2, 0.25) is 0 Å². The fourth-order valence-corrected chi connectivity index (χ4v) is 3.88. The highest BCUT2D eigenvalue weighted by Gasteiger charge is 2.22. The Hall–Kier alpha value is -2.46. The van der Waals surface area contributed by atoms with Crippen molar-refractivity contribution in [3.05, 3.63) is 34.0 Å². The molecule has 2 N–H and O–H groups in total. The highest BCUT2D eigenvalue weighted by Crippen LogP contribution is 2.11. The van der Waals surface area contributed by atoms with Crippen molar-refractivity contribution < 1.29 is 4.79 Å². The van der Waals surface area contributed by atoms with E-state index in [1.165, 1.54) is 4.88 Å². The predicted octanol–water partition coefficient (Wildman–Crippen LogP) is 0.973. The first kappa shape index (κ1) is 22.2. The molecular weight excluding hydrogens is 400 g/mol. The normalized spacial score (nSPS) is 15.9. The zero-order chi connectivity index (χ0) is 21.5. The third-order valence-corrected chi connectivity index (χ3v) is 6.23. The van der Waals surface area contributed by atoms with Crippen LogP contribution in [0.1, 0.15) is 29.4 Å². The summed E-state index contributed by atoms with van der Waals surface area (Å²) < 4.78 is 1.96. The molecule has 3 heterocycles. The maximum absolute atomic E-state index is 11.9. The Morgan fingerprint density at radius 1 is 1.33 bits per heavy atom. The largest absolute Gasteiger partial charge is 0.354 e. The Morgan fingerprint density at radius 3 is 2.70 bits per heavy atom. The number of hydrogen-bond donors (Lipinski definition) is 2. The van der Waals surface area contributed by atoms with Crippen molar-refractivity contribution in [1.29, 1.82) is 0 Å². The van der Waals surface area contributed by atoms with Gasteiger partial charge >= 0.3 is 0 Å². The molecule has 9 nitrogen and oxygen atoms in total. The number of amides is 1. The number of rotatable bonds is 7. The quantitative estimate of drug-likeness (QED) is 0.501. The molecule has 0 aliphatic carbocycles. The van der Waals surface area contributed by atoms with Gasteiger partial charge in [0.05, 0.1) is 13.1 Å². The van der Waals surface area contributed by atoms with Crippen molar-refractivity contribution in [2.24, 2.45) is 12.0 Å². The van der Waals surface area contributed by atoms with Crippen LogP contribution in [0.3, 0.4) is 0 Å². The molecule has 1 amide bonds. The highest BCUT2D eigenvalue weighted by atomic mass is 32.1. The second kappa shape index (κ2) is 10.5. The molecule has 0 spiro atoms. The summed E-state index contributed by atoms with van der Waals surface area (Å²) in [6, 6.07) is 4.49. The lowest BCUT2D eigenvalue weighted by Crippen LogP contribution is -2.50. The lowest BCUT2D eigenvalue weighted by Gasteiger charge is -2.33. The number of aliphatic imine (C=N–C) groups is 1. The van der Waals surface area contributed by atoms with Crippen LogP contribution in [0, 0.1) is 6.92 Å². The number of aryl methyl sites for hydroxylation is 1. The summed E-state index contributed by atoms with van der Waals surface area (Å²) in [4.78, 5) is 21.8. The van der Waals surface area contributed by atoms with Crippen molar-refractivity contribution in [1.82, 2.24) is 35.2 Å². The first-order valence-electron chi connectivity index (χ1n) is 10.3. The fourth-order valence-electron chi connectivity index (χ4n) is 3.24. The Balaban J connectivity index is 1.57. The third-order valence-electron chi connectivity index (χ3n) is 5.36. The van der Waals surface area contributed by atoms with Crippen molar-refractivity contribution in [2.75, 3.05) is 33.7 Å². The van der Waals surface area contributed by atoms with Gasteiger partial charge in [-0.1, -0.05) is 6.07 Å². The molecule has 0 atom stereocenters. The van der Waals surface area contributed by atoms with Gasteiger partial charge < -0.3 is 20.1 Å². The number of aromatic nitrogens is 3. The summed E-state index contributed by atoms with van der Waals surface area (Å²) in [6.45, 7) is 5.42. The molecule has 1 aliphatic rings. The Bertz CT molecular complexity index is 837. The predicted molar refractivity (Wildman–Crippen MR) is 119 cm³/mol. The fraction of sp³-hybridized carbons (Fsp3) is 0.600. The van der Waals surface area contributed by atoms with Crippen LogP contribution < -0.4 is 10.6 Å². The van der Waals surface area contributed by atoms with Gasteiger partial charge in [0.15, 0.2) is 11.8 Å². The number of piperidine rings is 1. The molecule has 0 radical (unpaired) electrons. The lowest BCUT2D eigenvalue weighted by atomic mass is 10.1. The molecule has 30 heavy (non-hydrogen) atoms. The molecule has 1 aliphatic heterocycles. The molecule has 164 valence electrons. The standard InChI is InChI=1S/C20H32N8OS/c1-15-24-25-18(27(15)4)13-22-20(21-12-17-6-5-11-30-17)23-16-7-9-28(10-8-16)14-19(29)26(2)3/h5-6,11,16H,7-10,12-14H2,1-4H3,(H2,21,22,23). The molecule has 10 heteroatoms. The number of carbonyl (C=O) groups is 1. The van der Waals surface area contributed by atoms with Crippen LogP contribution in [0.4, 0.5) is 0 Å². The van der Waals surface area contributed by atoms with Crippen LogP contribution in [0.15, 0.2) is 22.5 Å². The highest BCUT2D eigenvalue weighted by molar-refractivity contribution is 7.09. The summed E-state index contributed by atoms with van der Waals surface area (Å²) in [7, 11) is 5.56. The maximum atomic E-state index is 11.9. The van der Waals surface area contributed by atoms with E-state index in [0.717, 1.165) is 50.1 Å². The van der Waals surface area contributed by atoms with Gasteiger partial charge in [0, 0.05) is 45.2 Å². The number of hydrogen-bond acceptors (Lipinski definition) is 6. The first-order valence-corrected chi connectivity index (χ1v) is 11.1. The first-order chi connectivity index (χ1) is 14.4. The van der Waals surface area contributed by atoms with Gasteiger partial charge in [0.1, 0.15) is 12.4 Å². The molecule has 2 aromatic heterocycles. The minimum Gasteiger partial charge on any atom is -0.354 e. The zero-order valence-electron chi connectivity index (χ0n) is 18.3. The molecule has 0 aromatic carbocycles. The monoisotopic (exact) mass is 432 g/mol. The van der Waals surface area contributed by atoms with Gasteiger partial charge in [0.25, 0.3) is 0 Å². The topological polar surface area (TPSA) is 90.7 Å². The number of nitrogens with zero attached hydrogens (tertiary/aromatic N) is 6. The summed E-state index contributed by atoms with van der Waals surface area (Å²) in [5.41, 5.74) is 0. The van der Waals surface area contributed by atoms with Crippen LogP contribution in [-0.2, 0) is 24.9 Å². The van der Waals surface area contributed by atoms with E-state index in [-0.39, 0.29) is 5.91 Å². The molecule has 0 unspecified atom stereocenters. The number of carbonyl (C=O) groups excluding carboxylic acids is 1. The van der Waals surface area contributed by atoms with Crippen LogP contribution in [-0.4, -0.2) is 76.2 Å². The van der Waals surface area contributed by atoms with E-state index in [9.17, 15) is 4.79 Å². The summed E-state index contributed by atoms with van der Waals surface area (Å²) >= 11 is 1.73. The average Bonchev–Trinajstić information content (AvgIpc) is 3.36. The Morgan fingerprint density at radius 2 is 2.10 bits per heavy atom. The molecule has 1 saturated heterocycles. The van der Waals surface area contributed by atoms with E-state index in [4.69, 9.17) is 4.99 Å². The SMILES string of the molecule is Cc1nnc(CN=C(NCc2cccs2)NC2CCN(CC(=O)N(C)C)CC2)n1C. The molecule has 0 bridgehead atoms. The summed E-state index contributed by atoms with van der Waals surface area (Å²) in [5.74, 6) is 2.65. The second-order valence-electron chi connectivity index (χ2n) is 7.80. The van der Waals surface area contributed by atoms with E-state index in [0.29, 0.717) is 19.1 Å². The van der Waals surface area contributed by atoms with Crippen LogP contribution in [0.25, 0.3) is 0 Å². The Labute approximate surface area is 182 Å². The van der Waals surface area contributed by atoms with E-state index < -0.39 is 0 Å². The summed E-state index contributed by atoms with van der Waals surface area (Å²) in [6.07, 6.45) is 1.95. The van der Waals surface area contributed by atoms with E-state index >= 15 is 0 Å². The van der Waals surface area contributed by atoms with E-state index in [2.05, 4.69) is 43.2 Å². The molecule has 0 saturated carbocycles. The molecule has 3 rings (SSSR count). The Kier molecular flexibility index (Phi) is 7.81. The van der Waals surface area contributed by atoms with Crippen LogP contribution >= 0.6 is 11.3 Å². The minimum atomic E-state index is 0.153. The van der Waals surface area contributed by atoms with Crippen molar-refractivity contribution >= 4 is 23.2 Å².